The molecule has 0 radical (unpaired) electrons. The largest absolute Gasteiger partial charge is 0.480 e. The quantitative estimate of drug-likeness (QED) is 0.884. The van der Waals surface area contributed by atoms with Crippen molar-refractivity contribution in [3.05, 3.63) is 28.2 Å². The summed E-state index contributed by atoms with van der Waals surface area (Å²) in [6.07, 6.45) is 1.91. The Morgan fingerprint density at radius 3 is 2.30 bits per heavy atom. The third kappa shape index (κ3) is 2.93. The predicted molar refractivity (Wildman–Crippen MR) is 75.6 cm³/mol. The molecule has 0 aromatic heterocycles. The molecule has 1 aliphatic carbocycles. The molecule has 5 nitrogen and oxygen atoms in total. The molecule has 0 aliphatic heterocycles. The van der Waals surface area contributed by atoms with Crippen molar-refractivity contribution < 1.29 is 18.3 Å². The topological polar surface area (TPSA) is 83.5 Å². The molecule has 1 aliphatic rings. The zero-order valence-corrected chi connectivity index (χ0v) is 12.7. The van der Waals surface area contributed by atoms with Crippen LogP contribution in [-0.4, -0.2) is 25.0 Å². The van der Waals surface area contributed by atoms with E-state index in [0.29, 0.717) is 12.8 Å². The van der Waals surface area contributed by atoms with E-state index >= 15 is 0 Å². The Morgan fingerprint density at radius 2 is 1.80 bits per heavy atom. The van der Waals surface area contributed by atoms with Gasteiger partial charge in [-0.1, -0.05) is 36.0 Å². The molecule has 0 spiro atoms. The van der Waals surface area contributed by atoms with Gasteiger partial charge in [0, 0.05) is 0 Å². The van der Waals surface area contributed by atoms with Crippen molar-refractivity contribution in [2.24, 2.45) is 0 Å². The molecule has 2 N–H and O–H groups in total. The highest BCUT2D eigenvalue weighted by Gasteiger charge is 2.44. The molecule has 1 aromatic rings. The molecular formula is C12H13Cl2NO4S. The zero-order valence-electron chi connectivity index (χ0n) is 10.4. The van der Waals surface area contributed by atoms with Crippen LogP contribution in [0.1, 0.15) is 25.7 Å². The average molecular weight is 338 g/mol. The van der Waals surface area contributed by atoms with E-state index in [4.69, 9.17) is 23.2 Å². The summed E-state index contributed by atoms with van der Waals surface area (Å²) in [6.45, 7) is 0. The molecule has 8 heteroatoms. The van der Waals surface area contributed by atoms with Crippen molar-refractivity contribution in [1.29, 1.82) is 0 Å². The van der Waals surface area contributed by atoms with Crippen molar-refractivity contribution in [3.8, 4) is 0 Å². The fourth-order valence-electron chi connectivity index (χ4n) is 2.30. The number of carbonyl (C=O) groups is 1. The molecule has 0 heterocycles. The summed E-state index contributed by atoms with van der Waals surface area (Å²) in [4.78, 5) is 11.3. The minimum atomic E-state index is -3.96. The maximum atomic E-state index is 12.3. The number of carboxylic acid groups (broad SMARTS) is 1. The first-order valence-electron chi connectivity index (χ1n) is 5.99. The van der Waals surface area contributed by atoms with Gasteiger partial charge < -0.3 is 5.11 Å². The van der Waals surface area contributed by atoms with E-state index in [9.17, 15) is 18.3 Å². The molecule has 1 fully saturated rings. The van der Waals surface area contributed by atoms with Gasteiger partial charge in [-0.2, -0.15) is 4.72 Å². The summed E-state index contributed by atoms with van der Waals surface area (Å²) in [5.41, 5.74) is -1.43. The molecular weight excluding hydrogens is 325 g/mol. The number of benzene rings is 1. The van der Waals surface area contributed by atoms with Gasteiger partial charge in [0.05, 0.1) is 14.9 Å². The first kappa shape index (κ1) is 15.6. The highest BCUT2D eigenvalue weighted by Crippen LogP contribution is 2.32. The molecule has 2 rings (SSSR count). The molecule has 1 saturated carbocycles. The Labute approximate surface area is 126 Å². The minimum absolute atomic E-state index is 0.0978. The van der Waals surface area contributed by atoms with Crippen LogP contribution < -0.4 is 4.72 Å². The number of sulfonamides is 1. The van der Waals surface area contributed by atoms with Crippen LogP contribution in [0.4, 0.5) is 0 Å². The molecule has 0 saturated heterocycles. The van der Waals surface area contributed by atoms with Crippen molar-refractivity contribution in [3.63, 3.8) is 0 Å². The lowest BCUT2D eigenvalue weighted by atomic mass is 10.0. The number of halogens is 2. The van der Waals surface area contributed by atoms with E-state index in [1.165, 1.54) is 18.2 Å². The number of carboxylic acids is 1. The summed E-state index contributed by atoms with van der Waals surface area (Å²) in [7, 11) is -3.96. The van der Waals surface area contributed by atoms with Crippen LogP contribution >= 0.6 is 23.2 Å². The van der Waals surface area contributed by atoms with Crippen molar-refractivity contribution in [2.45, 2.75) is 36.1 Å². The summed E-state index contributed by atoms with van der Waals surface area (Å²) in [5.74, 6) is -1.15. The maximum absolute atomic E-state index is 12.3. The second-order valence-electron chi connectivity index (χ2n) is 4.78. The summed E-state index contributed by atoms with van der Waals surface area (Å²) in [5, 5.41) is 9.64. The second kappa shape index (κ2) is 5.52. The van der Waals surface area contributed by atoms with Gasteiger partial charge in [-0.3, -0.25) is 4.79 Å². The van der Waals surface area contributed by atoms with Gasteiger partial charge in [0.1, 0.15) is 5.54 Å². The predicted octanol–water partition coefficient (Wildman–Crippen LogP) is 2.67. The van der Waals surface area contributed by atoms with Crippen LogP contribution in [0.3, 0.4) is 0 Å². The highest BCUT2D eigenvalue weighted by atomic mass is 35.5. The van der Waals surface area contributed by atoms with Crippen LogP contribution in [0.15, 0.2) is 23.1 Å². The molecule has 0 amide bonds. The van der Waals surface area contributed by atoms with E-state index in [-0.39, 0.29) is 27.8 Å². The van der Waals surface area contributed by atoms with E-state index in [0.717, 1.165) is 0 Å². The maximum Gasteiger partial charge on any atom is 0.324 e. The van der Waals surface area contributed by atoms with Gasteiger partial charge in [0.25, 0.3) is 0 Å². The minimum Gasteiger partial charge on any atom is -0.480 e. The Balaban J connectivity index is 2.35. The van der Waals surface area contributed by atoms with Gasteiger partial charge in [0.2, 0.25) is 10.0 Å². The Hall–Kier alpha value is -0.820. The van der Waals surface area contributed by atoms with E-state index in [1.54, 1.807) is 0 Å². The van der Waals surface area contributed by atoms with E-state index in [1.807, 2.05) is 0 Å². The molecule has 0 atom stereocenters. The summed E-state index contributed by atoms with van der Waals surface area (Å²) >= 11 is 11.5. The van der Waals surface area contributed by atoms with Crippen LogP contribution in [0.2, 0.25) is 10.0 Å². The molecule has 1 aromatic carbocycles. The second-order valence-corrected chi connectivity index (χ2v) is 7.27. The lowest BCUT2D eigenvalue weighted by molar-refractivity contribution is -0.143. The lowest BCUT2D eigenvalue weighted by Gasteiger charge is -2.25. The van der Waals surface area contributed by atoms with Crippen LogP contribution in [-0.2, 0) is 14.8 Å². The summed E-state index contributed by atoms with van der Waals surface area (Å²) in [6, 6.07) is 3.86. The van der Waals surface area contributed by atoms with Crippen LogP contribution in [0.25, 0.3) is 0 Å². The smallest absolute Gasteiger partial charge is 0.324 e. The van der Waals surface area contributed by atoms with Crippen LogP contribution in [0.5, 0.6) is 0 Å². The highest BCUT2D eigenvalue weighted by molar-refractivity contribution is 7.89. The monoisotopic (exact) mass is 337 g/mol. The standard InChI is InChI=1S/C12H13Cl2NO4S/c13-9-4-3-8(7-10(9)14)20(18,19)15-12(11(16)17)5-1-2-6-12/h3-4,7,15H,1-2,5-6H2,(H,16,17). The van der Waals surface area contributed by atoms with E-state index < -0.39 is 21.5 Å². The number of hydrogen-bond acceptors (Lipinski definition) is 3. The normalized spacial score (nSPS) is 18.1. The van der Waals surface area contributed by atoms with Gasteiger partial charge in [0.15, 0.2) is 0 Å². The van der Waals surface area contributed by atoms with Gasteiger partial charge >= 0.3 is 5.97 Å². The van der Waals surface area contributed by atoms with Crippen molar-refractivity contribution in [1.82, 2.24) is 4.72 Å². The first-order valence-corrected chi connectivity index (χ1v) is 8.23. The van der Waals surface area contributed by atoms with Crippen LogP contribution in [0, 0.1) is 0 Å². The van der Waals surface area contributed by atoms with E-state index in [2.05, 4.69) is 4.72 Å². The fraction of sp³-hybridized carbons (Fsp3) is 0.417. The fourth-order valence-corrected chi connectivity index (χ4v) is 4.10. The lowest BCUT2D eigenvalue weighted by Crippen LogP contribution is -2.52. The molecule has 0 unspecified atom stereocenters. The Bertz CT molecular complexity index is 639. The number of rotatable bonds is 4. The average Bonchev–Trinajstić information content (AvgIpc) is 2.81. The number of hydrogen-bond donors (Lipinski definition) is 2. The summed E-state index contributed by atoms with van der Waals surface area (Å²) < 4.78 is 26.9. The Morgan fingerprint density at radius 1 is 1.20 bits per heavy atom. The zero-order chi connectivity index (χ0) is 15.0. The molecule has 110 valence electrons. The van der Waals surface area contributed by atoms with Gasteiger partial charge in [-0.05, 0) is 31.0 Å². The van der Waals surface area contributed by atoms with Crippen molar-refractivity contribution in [2.75, 3.05) is 0 Å². The van der Waals surface area contributed by atoms with Gasteiger partial charge in [-0.15, -0.1) is 0 Å². The first-order chi connectivity index (χ1) is 9.27. The number of aliphatic carboxylic acids is 1. The van der Waals surface area contributed by atoms with Crippen molar-refractivity contribution >= 4 is 39.2 Å². The number of nitrogens with one attached hydrogen (secondary N) is 1. The molecule has 0 bridgehead atoms. The molecule has 20 heavy (non-hydrogen) atoms. The third-order valence-corrected chi connectivity index (χ3v) is 5.67. The Kier molecular flexibility index (Phi) is 4.30. The SMILES string of the molecule is O=C(O)C1(NS(=O)(=O)c2ccc(Cl)c(Cl)c2)CCCC1. The van der Waals surface area contributed by atoms with Gasteiger partial charge in [-0.25, -0.2) is 8.42 Å². The third-order valence-electron chi connectivity index (χ3n) is 3.40.